The first-order valence-electron chi connectivity index (χ1n) is 9.19. The highest BCUT2D eigenvalue weighted by molar-refractivity contribution is 6.03. The maximum Gasteiger partial charge on any atom is 0.271 e. The number of amides is 2. The van der Waals surface area contributed by atoms with Crippen LogP contribution in [0, 0.1) is 5.92 Å². The largest absolute Gasteiger partial charge is 0.326 e. The molecule has 0 spiro atoms. The average molecular weight is 373 g/mol. The van der Waals surface area contributed by atoms with Gasteiger partial charge in [0.25, 0.3) is 5.91 Å². The van der Waals surface area contributed by atoms with E-state index in [1.165, 1.54) is 0 Å². The van der Waals surface area contributed by atoms with Gasteiger partial charge in [-0.05, 0) is 53.6 Å². The summed E-state index contributed by atoms with van der Waals surface area (Å²) in [6, 6.07) is 20.9. The van der Waals surface area contributed by atoms with Crippen LogP contribution in [0.2, 0.25) is 0 Å². The second kappa shape index (κ2) is 8.48. The van der Waals surface area contributed by atoms with Crippen molar-refractivity contribution in [3.05, 3.63) is 77.9 Å². The molecule has 0 aliphatic heterocycles. The Kier molecular flexibility index (Phi) is 5.84. The zero-order chi connectivity index (χ0) is 20.1. The van der Waals surface area contributed by atoms with Gasteiger partial charge in [-0.2, -0.15) is 5.10 Å². The van der Waals surface area contributed by atoms with Gasteiger partial charge in [-0.15, -0.1) is 0 Å². The molecule has 2 amide bonds. The molecule has 0 fully saturated rings. The molecule has 0 atom stereocenters. The van der Waals surface area contributed by atoms with Gasteiger partial charge >= 0.3 is 0 Å². The molecule has 0 saturated carbocycles. The summed E-state index contributed by atoms with van der Waals surface area (Å²) >= 11 is 0. The third kappa shape index (κ3) is 4.62. The van der Waals surface area contributed by atoms with E-state index in [4.69, 9.17) is 0 Å². The molecule has 2 N–H and O–H groups in total. The molecule has 0 heterocycles. The summed E-state index contributed by atoms with van der Waals surface area (Å²) in [6.45, 7) is 5.51. The van der Waals surface area contributed by atoms with Crippen LogP contribution in [0.15, 0.2) is 71.8 Å². The number of nitrogens with zero attached hydrogens (tertiary/aromatic N) is 1. The Bertz CT molecular complexity index is 1040. The molecule has 0 radical (unpaired) electrons. The molecule has 3 rings (SSSR count). The Labute approximate surface area is 164 Å². The summed E-state index contributed by atoms with van der Waals surface area (Å²) in [6.07, 6.45) is 0. The fourth-order valence-corrected chi connectivity index (χ4v) is 2.67. The molecule has 5 heteroatoms. The van der Waals surface area contributed by atoms with Gasteiger partial charge in [-0.25, -0.2) is 5.43 Å². The highest BCUT2D eigenvalue weighted by Crippen LogP contribution is 2.16. The quantitative estimate of drug-likeness (QED) is 0.507. The summed E-state index contributed by atoms with van der Waals surface area (Å²) < 4.78 is 0. The van der Waals surface area contributed by atoms with Crippen molar-refractivity contribution in [1.29, 1.82) is 0 Å². The first kappa shape index (κ1) is 19.3. The van der Waals surface area contributed by atoms with Crippen molar-refractivity contribution in [1.82, 2.24) is 5.43 Å². The van der Waals surface area contributed by atoms with E-state index in [0.29, 0.717) is 11.3 Å². The van der Waals surface area contributed by atoms with Gasteiger partial charge < -0.3 is 5.32 Å². The van der Waals surface area contributed by atoms with E-state index in [1.54, 1.807) is 24.3 Å². The summed E-state index contributed by atoms with van der Waals surface area (Å²) in [4.78, 5) is 24.0. The van der Waals surface area contributed by atoms with E-state index in [1.807, 2.05) is 57.2 Å². The van der Waals surface area contributed by atoms with E-state index < -0.39 is 0 Å². The molecule has 3 aromatic rings. The standard InChI is InChI=1S/C23H23N3O2/c1-15(2)22(27)24-21-12-10-18(11-13-21)23(28)26-25-16(3)19-9-8-17-6-4-5-7-20(17)14-19/h4-15H,1-3H3,(H,24,27)(H,26,28)/b25-16+. The number of benzene rings is 3. The number of carbonyl (C=O) groups is 2. The van der Waals surface area contributed by atoms with Crippen molar-refractivity contribution in [2.75, 3.05) is 5.32 Å². The van der Waals surface area contributed by atoms with Crippen LogP contribution in [0.25, 0.3) is 10.8 Å². The molecule has 5 nitrogen and oxygen atoms in total. The zero-order valence-electron chi connectivity index (χ0n) is 16.2. The summed E-state index contributed by atoms with van der Waals surface area (Å²) in [5.41, 5.74) is 5.39. The number of rotatable bonds is 5. The van der Waals surface area contributed by atoms with Crippen molar-refractivity contribution in [2.45, 2.75) is 20.8 Å². The summed E-state index contributed by atoms with van der Waals surface area (Å²) in [5, 5.41) is 9.30. The lowest BCUT2D eigenvalue weighted by atomic mass is 10.0. The Morgan fingerprint density at radius 2 is 1.50 bits per heavy atom. The Morgan fingerprint density at radius 1 is 0.857 bits per heavy atom. The third-order valence-corrected chi connectivity index (χ3v) is 4.43. The molecule has 0 bridgehead atoms. The molecular formula is C23H23N3O2. The van der Waals surface area contributed by atoms with Crippen LogP contribution in [0.1, 0.15) is 36.7 Å². The maximum atomic E-state index is 12.3. The van der Waals surface area contributed by atoms with Gasteiger partial charge in [0.15, 0.2) is 0 Å². The van der Waals surface area contributed by atoms with Crippen LogP contribution >= 0.6 is 0 Å². The third-order valence-electron chi connectivity index (χ3n) is 4.43. The monoisotopic (exact) mass is 373 g/mol. The topological polar surface area (TPSA) is 70.6 Å². The van der Waals surface area contributed by atoms with Crippen molar-refractivity contribution in [3.8, 4) is 0 Å². The lowest BCUT2D eigenvalue weighted by molar-refractivity contribution is -0.118. The molecule has 0 saturated heterocycles. The number of fused-ring (bicyclic) bond motifs is 1. The van der Waals surface area contributed by atoms with E-state index in [2.05, 4.69) is 21.9 Å². The van der Waals surface area contributed by atoms with Crippen LogP contribution in [0.4, 0.5) is 5.69 Å². The second-order valence-corrected chi connectivity index (χ2v) is 6.92. The Hall–Kier alpha value is -3.47. The number of carbonyl (C=O) groups excluding carboxylic acids is 2. The minimum atomic E-state index is -0.304. The number of hydrogen-bond acceptors (Lipinski definition) is 3. The minimum absolute atomic E-state index is 0.0622. The van der Waals surface area contributed by atoms with Gasteiger partial charge in [0.05, 0.1) is 5.71 Å². The molecule has 0 aliphatic carbocycles. The molecule has 0 unspecified atom stereocenters. The Morgan fingerprint density at radius 3 is 2.18 bits per heavy atom. The van der Waals surface area contributed by atoms with E-state index >= 15 is 0 Å². The minimum Gasteiger partial charge on any atom is -0.326 e. The van der Waals surface area contributed by atoms with E-state index in [-0.39, 0.29) is 17.7 Å². The number of nitrogens with one attached hydrogen (secondary N) is 2. The molecule has 142 valence electrons. The molecule has 0 aliphatic rings. The molecule has 28 heavy (non-hydrogen) atoms. The van der Waals surface area contributed by atoms with Crippen LogP contribution in [0.3, 0.4) is 0 Å². The van der Waals surface area contributed by atoms with E-state index in [0.717, 1.165) is 22.0 Å². The van der Waals surface area contributed by atoms with Gasteiger partial charge in [-0.1, -0.05) is 50.2 Å². The van der Waals surface area contributed by atoms with Crippen molar-refractivity contribution < 1.29 is 9.59 Å². The lowest BCUT2D eigenvalue weighted by Gasteiger charge is -2.08. The first-order valence-corrected chi connectivity index (χ1v) is 9.19. The number of anilines is 1. The van der Waals surface area contributed by atoms with Crippen molar-refractivity contribution in [2.24, 2.45) is 11.0 Å². The predicted molar refractivity (Wildman–Crippen MR) is 114 cm³/mol. The molecule has 0 aromatic heterocycles. The highest BCUT2D eigenvalue weighted by atomic mass is 16.2. The maximum absolute atomic E-state index is 12.3. The first-order chi connectivity index (χ1) is 13.4. The fraction of sp³-hybridized carbons (Fsp3) is 0.174. The summed E-state index contributed by atoms with van der Waals surface area (Å²) in [5.74, 6) is -0.468. The predicted octanol–water partition coefficient (Wildman–Crippen LogP) is 4.59. The van der Waals surface area contributed by atoms with Crippen LogP contribution in [-0.4, -0.2) is 17.5 Å². The van der Waals surface area contributed by atoms with Gasteiger partial charge in [0, 0.05) is 17.2 Å². The lowest BCUT2D eigenvalue weighted by Crippen LogP contribution is -2.20. The fourth-order valence-electron chi connectivity index (χ4n) is 2.67. The van der Waals surface area contributed by atoms with Crippen LogP contribution in [0.5, 0.6) is 0 Å². The molecular weight excluding hydrogens is 350 g/mol. The zero-order valence-corrected chi connectivity index (χ0v) is 16.2. The molecule has 3 aromatic carbocycles. The number of hydrogen-bond donors (Lipinski definition) is 2. The van der Waals surface area contributed by atoms with Gasteiger partial charge in [0.2, 0.25) is 5.91 Å². The number of hydrazone groups is 1. The van der Waals surface area contributed by atoms with Crippen LogP contribution in [-0.2, 0) is 4.79 Å². The van der Waals surface area contributed by atoms with Gasteiger partial charge in [-0.3, -0.25) is 9.59 Å². The van der Waals surface area contributed by atoms with Gasteiger partial charge in [0.1, 0.15) is 0 Å². The average Bonchev–Trinajstić information content (AvgIpc) is 2.71. The Balaban J connectivity index is 1.67. The van der Waals surface area contributed by atoms with E-state index in [9.17, 15) is 9.59 Å². The normalized spacial score (nSPS) is 11.5. The highest BCUT2D eigenvalue weighted by Gasteiger charge is 2.09. The smallest absolute Gasteiger partial charge is 0.271 e. The van der Waals surface area contributed by atoms with Crippen LogP contribution < -0.4 is 10.7 Å². The SMILES string of the molecule is C/C(=N\NC(=O)c1ccc(NC(=O)C(C)C)cc1)c1ccc2ccccc2c1. The van der Waals surface area contributed by atoms with Crippen molar-refractivity contribution in [3.63, 3.8) is 0 Å². The van der Waals surface area contributed by atoms with Crippen molar-refractivity contribution >= 4 is 34.0 Å². The second-order valence-electron chi connectivity index (χ2n) is 6.92. The summed E-state index contributed by atoms with van der Waals surface area (Å²) in [7, 11) is 0.